The van der Waals surface area contributed by atoms with E-state index >= 15 is 0 Å². The molecule has 0 spiro atoms. The average molecular weight is 449 g/mol. The molecule has 4 rings (SSSR count). The van der Waals surface area contributed by atoms with Crippen LogP contribution < -0.4 is 5.32 Å². The molecule has 6 heteroatoms. The van der Waals surface area contributed by atoms with Gasteiger partial charge in [-0.05, 0) is 51.2 Å². The van der Waals surface area contributed by atoms with E-state index in [2.05, 4.69) is 41.5 Å². The number of carbonyl (C=O) groups is 2. The second-order valence-corrected chi connectivity index (χ2v) is 9.29. The Kier molecular flexibility index (Phi) is 7.78. The third-order valence-corrected chi connectivity index (χ3v) is 7.20. The van der Waals surface area contributed by atoms with Crippen LogP contribution in [0.2, 0.25) is 0 Å². The zero-order valence-electron chi connectivity index (χ0n) is 19.8. The number of amides is 2. The van der Waals surface area contributed by atoms with Crippen LogP contribution in [0.1, 0.15) is 29.9 Å². The molecular formula is C27H36N4O2. The van der Waals surface area contributed by atoms with E-state index in [4.69, 9.17) is 0 Å². The lowest BCUT2D eigenvalue weighted by Gasteiger charge is -2.40. The summed E-state index contributed by atoms with van der Waals surface area (Å²) < 4.78 is 0. The fraction of sp³-hybridized carbons (Fsp3) is 0.481. The maximum absolute atomic E-state index is 13.7. The molecule has 1 atom stereocenters. The van der Waals surface area contributed by atoms with Gasteiger partial charge in [0.05, 0.1) is 6.04 Å². The fourth-order valence-electron chi connectivity index (χ4n) is 5.19. The van der Waals surface area contributed by atoms with Crippen LogP contribution in [0, 0.1) is 5.92 Å². The van der Waals surface area contributed by atoms with Crippen molar-refractivity contribution >= 4 is 11.8 Å². The summed E-state index contributed by atoms with van der Waals surface area (Å²) in [6.45, 7) is 4.39. The number of carbonyl (C=O) groups excluding carboxylic acids is 2. The smallest absolute Gasteiger partial charge is 0.240 e. The second-order valence-electron chi connectivity index (χ2n) is 9.29. The minimum Gasteiger partial charge on any atom is -0.339 e. The highest BCUT2D eigenvalue weighted by atomic mass is 16.2. The van der Waals surface area contributed by atoms with Crippen molar-refractivity contribution in [3.05, 3.63) is 71.8 Å². The minimum atomic E-state index is -0.370. The van der Waals surface area contributed by atoms with Gasteiger partial charge in [-0.2, -0.15) is 0 Å². The molecule has 2 aliphatic heterocycles. The quantitative estimate of drug-likeness (QED) is 0.738. The van der Waals surface area contributed by atoms with E-state index in [0.29, 0.717) is 26.2 Å². The Morgan fingerprint density at radius 1 is 0.788 bits per heavy atom. The molecule has 33 heavy (non-hydrogen) atoms. The lowest BCUT2D eigenvalue weighted by Crippen LogP contribution is -2.57. The molecule has 0 aliphatic carbocycles. The first kappa shape index (κ1) is 23.5. The molecule has 2 heterocycles. The highest BCUT2D eigenvalue weighted by Gasteiger charge is 2.36. The normalized spacial score (nSPS) is 19.0. The first-order chi connectivity index (χ1) is 16.1. The van der Waals surface area contributed by atoms with Gasteiger partial charge in [0, 0.05) is 38.0 Å². The van der Waals surface area contributed by atoms with Crippen LogP contribution in [-0.4, -0.2) is 85.9 Å². The Balaban J connectivity index is 1.44. The van der Waals surface area contributed by atoms with Crippen LogP contribution in [0.25, 0.3) is 0 Å². The Bertz CT molecular complexity index is 865. The van der Waals surface area contributed by atoms with Crippen LogP contribution in [0.3, 0.4) is 0 Å². The highest BCUT2D eigenvalue weighted by molar-refractivity contribution is 5.84. The SMILES string of the molecule is CNC(C(=O)N1CCN(C(=O)C2CCN(C)CC2)CC1)C(c1ccccc1)c1ccccc1. The molecule has 2 amide bonds. The van der Waals surface area contributed by atoms with Crippen molar-refractivity contribution in [1.29, 1.82) is 0 Å². The fourth-order valence-corrected chi connectivity index (χ4v) is 5.19. The van der Waals surface area contributed by atoms with E-state index in [1.54, 1.807) is 0 Å². The summed E-state index contributed by atoms with van der Waals surface area (Å²) in [5.41, 5.74) is 2.24. The third-order valence-electron chi connectivity index (χ3n) is 7.20. The van der Waals surface area contributed by atoms with Gasteiger partial charge < -0.3 is 20.0 Å². The van der Waals surface area contributed by atoms with Crippen molar-refractivity contribution in [3.8, 4) is 0 Å². The number of hydrogen-bond donors (Lipinski definition) is 1. The molecular weight excluding hydrogens is 412 g/mol. The van der Waals surface area contributed by atoms with Crippen molar-refractivity contribution < 1.29 is 9.59 Å². The van der Waals surface area contributed by atoms with Gasteiger partial charge in [-0.3, -0.25) is 9.59 Å². The third kappa shape index (κ3) is 5.45. The van der Waals surface area contributed by atoms with Crippen LogP contribution in [-0.2, 0) is 9.59 Å². The van der Waals surface area contributed by atoms with E-state index < -0.39 is 0 Å². The molecule has 0 saturated carbocycles. The molecule has 2 aromatic rings. The Morgan fingerprint density at radius 2 is 1.27 bits per heavy atom. The first-order valence-corrected chi connectivity index (χ1v) is 12.1. The molecule has 0 radical (unpaired) electrons. The summed E-state index contributed by atoms with van der Waals surface area (Å²) in [5, 5.41) is 3.31. The van der Waals surface area contributed by atoms with Crippen LogP contribution >= 0.6 is 0 Å². The Labute approximate surface area is 197 Å². The largest absolute Gasteiger partial charge is 0.339 e. The van der Waals surface area contributed by atoms with Gasteiger partial charge in [-0.1, -0.05) is 60.7 Å². The lowest BCUT2D eigenvalue weighted by atomic mass is 9.84. The van der Waals surface area contributed by atoms with Crippen molar-refractivity contribution in [2.75, 3.05) is 53.4 Å². The minimum absolute atomic E-state index is 0.0798. The van der Waals surface area contributed by atoms with E-state index in [-0.39, 0.29) is 29.7 Å². The van der Waals surface area contributed by atoms with Gasteiger partial charge >= 0.3 is 0 Å². The second kappa shape index (κ2) is 10.9. The highest BCUT2D eigenvalue weighted by Crippen LogP contribution is 2.29. The molecule has 2 fully saturated rings. The topological polar surface area (TPSA) is 55.9 Å². The Morgan fingerprint density at radius 3 is 1.76 bits per heavy atom. The van der Waals surface area contributed by atoms with Crippen molar-refractivity contribution in [2.24, 2.45) is 5.92 Å². The van der Waals surface area contributed by atoms with Gasteiger partial charge in [0.2, 0.25) is 11.8 Å². The molecule has 176 valence electrons. The maximum atomic E-state index is 13.7. The average Bonchev–Trinajstić information content (AvgIpc) is 2.88. The number of likely N-dealkylation sites (N-methyl/N-ethyl adjacent to an activating group) is 1. The van der Waals surface area contributed by atoms with Crippen LogP contribution in [0.4, 0.5) is 0 Å². The lowest BCUT2D eigenvalue weighted by molar-refractivity contribution is -0.144. The molecule has 0 bridgehead atoms. The van der Waals surface area contributed by atoms with E-state index in [9.17, 15) is 9.59 Å². The number of benzene rings is 2. The zero-order valence-corrected chi connectivity index (χ0v) is 19.8. The molecule has 0 aromatic heterocycles. The summed E-state index contributed by atoms with van der Waals surface area (Å²) in [6.07, 6.45) is 1.87. The number of piperazine rings is 1. The molecule has 1 N–H and O–H groups in total. The first-order valence-electron chi connectivity index (χ1n) is 12.1. The van der Waals surface area contributed by atoms with Gasteiger partial charge in [0.1, 0.15) is 0 Å². The molecule has 2 saturated heterocycles. The number of nitrogens with one attached hydrogen (secondary N) is 1. The number of likely N-dealkylation sites (tertiary alicyclic amines) is 1. The van der Waals surface area contributed by atoms with E-state index in [1.165, 1.54) is 0 Å². The maximum Gasteiger partial charge on any atom is 0.240 e. The predicted molar refractivity (Wildman–Crippen MR) is 131 cm³/mol. The zero-order chi connectivity index (χ0) is 23.2. The molecule has 6 nitrogen and oxygen atoms in total. The van der Waals surface area contributed by atoms with Crippen LogP contribution in [0.15, 0.2) is 60.7 Å². The van der Waals surface area contributed by atoms with Crippen LogP contribution in [0.5, 0.6) is 0 Å². The monoisotopic (exact) mass is 448 g/mol. The molecule has 2 aromatic carbocycles. The van der Waals surface area contributed by atoms with Crippen molar-refractivity contribution in [3.63, 3.8) is 0 Å². The number of rotatable bonds is 6. The predicted octanol–water partition coefficient (Wildman–Crippen LogP) is 2.42. The van der Waals surface area contributed by atoms with E-state index in [1.807, 2.05) is 53.2 Å². The summed E-state index contributed by atoms with van der Waals surface area (Å²) in [4.78, 5) is 32.9. The molecule has 1 unspecified atom stereocenters. The summed E-state index contributed by atoms with van der Waals surface area (Å²) in [5.74, 6) is 0.422. The van der Waals surface area contributed by atoms with Gasteiger partial charge in [-0.25, -0.2) is 0 Å². The number of nitrogens with zero attached hydrogens (tertiary/aromatic N) is 3. The number of hydrogen-bond acceptors (Lipinski definition) is 4. The molecule has 2 aliphatic rings. The van der Waals surface area contributed by atoms with Gasteiger partial charge in [0.15, 0.2) is 0 Å². The summed E-state index contributed by atoms with van der Waals surface area (Å²) in [7, 11) is 3.97. The summed E-state index contributed by atoms with van der Waals surface area (Å²) >= 11 is 0. The van der Waals surface area contributed by atoms with Crippen molar-refractivity contribution in [2.45, 2.75) is 24.8 Å². The standard InChI is InChI=1S/C27H36N4O2/c1-28-25(24(21-9-5-3-6-10-21)22-11-7-4-8-12-22)27(33)31-19-17-30(18-20-31)26(32)23-13-15-29(2)16-14-23/h3-12,23-25,28H,13-20H2,1-2H3. The summed E-state index contributed by atoms with van der Waals surface area (Å²) in [6, 6.07) is 20.1. The van der Waals surface area contributed by atoms with E-state index in [0.717, 1.165) is 37.1 Å². The van der Waals surface area contributed by atoms with Gasteiger partial charge in [-0.15, -0.1) is 0 Å². The Hall–Kier alpha value is -2.70. The van der Waals surface area contributed by atoms with Gasteiger partial charge in [0.25, 0.3) is 0 Å². The number of piperidine rings is 1. The van der Waals surface area contributed by atoms with Crippen molar-refractivity contribution in [1.82, 2.24) is 20.0 Å².